The zero-order valence-corrected chi connectivity index (χ0v) is 18.6. The van der Waals surface area contributed by atoms with E-state index in [4.69, 9.17) is 37.4 Å². The van der Waals surface area contributed by atoms with Crippen molar-refractivity contribution in [3.05, 3.63) is 47.5 Å². The first kappa shape index (κ1) is 21.9. The van der Waals surface area contributed by atoms with E-state index in [1.165, 1.54) is 12.7 Å². The van der Waals surface area contributed by atoms with E-state index in [0.29, 0.717) is 36.7 Å². The molecule has 1 atom stereocenters. The van der Waals surface area contributed by atoms with Gasteiger partial charge >= 0.3 is 0 Å². The van der Waals surface area contributed by atoms with Crippen LogP contribution in [0.15, 0.2) is 37.2 Å². The molecule has 5 heterocycles. The van der Waals surface area contributed by atoms with Crippen molar-refractivity contribution in [2.45, 2.75) is 32.3 Å². The summed E-state index contributed by atoms with van der Waals surface area (Å²) in [6.45, 7) is 6.15. The van der Waals surface area contributed by atoms with Crippen LogP contribution in [-0.4, -0.2) is 61.2 Å². The third kappa shape index (κ3) is 5.31. The molecular formula is C20H22Cl2N6O3. The molecule has 31 heavy (non-hydrogen) atoms. The van der Waals surface area contributed by atoms with E-state index in [-0.39, 0.29) is 6.10 Å². The summed E-state index contributed by atoms with van der Waals surface area (Å²) in [5.41, 5.74) is 3.32. The van der Waals surface area contributed by atoms with E-state index in [9.17, 15) is 0 Å². The molecule has 1 fully saturated rings. The number of nitrogens with one attached hydrogen (secondary N) is 1. The van der Waals surface area contributed by atoms with Crippen LogP contribution in [-0.2, 0) is 20.8 Å². The molecule has 0 aliphatic carbocycles. The average molecular weight is 465 g/mol. The lowest BCUT2D eigenvalue weighted by Crippen LogP contribution is -2.24. The summed E-state index contributed by atoms with van der Waals surface area (Å²) >= 11 is 11.8. The molecule has 5 rings (SSSR count). The summed E-state index contributed by atoms with van der Waals surface area (Å²) in [5.74, 6) is -0.504. The highest BCUT2D eigenvalue weighted by Crippen LogP contribution is 2.23. The second-order valence-corrected chi connectivity index (χ2v) is 8.05. The maximum absolute atomic E-state index is 6.10. The number of hydrogen-bond acceptors (Lipinski definition) is 7. The van der Waals surface area contributed by atoms with E-state index < -0.39 is 5.79 Å². The summed E-state index contributed by atoms with van der Waals surface area (Å²) < 4.78 is 18.8. The van der Waals surface area contributed by atoms with Crippen molar-refractivity contribution in [1.82, 2.24) is 29.5 Å². The second kappa shape index (κ2) is 9.46. The predicted molar refractivity (Wildman–Crippen MR) is 117 cm³/mol. The first-order chi connectivity index (χ1) is 14.9. The number of halogens is 2. The molecule has 4 aromatic rings. The van der Waals surface area contributed by atoms with Gasteiger partial charge in [0.05, 0.1) is 30.9 Å². The molecule has 1 unspecified atom stereocenters. The molecule has 0 amide bonds. The fourth-order valence-electron chi connectivity index (χ4n) is 3.24. The van der Waals surface area contributed by atoms with Crippen LogP contribution in [0.5, 0.6) is 0 Å². The molecule has 0 radical (unpaired) electrons. The normalized spacial score (nSPS) is 17.7. The van der Waals surface area contributed by atoms with Crippen LogP contribution >= 0.6 is 23.2 Å². The largest absolute Gasteiger partial charge is 0.377 e. The molecule has 0 bridgehead atoms. The number of H-pyrrole nitrogens is 1. The van der Waals surface area contributed by atoms with Gasteiger partial charge in [-0.2, -0.15) is 0 Å². The smallest absolute Gasteiger partial charge is 0.163 e. The van der Waals surface area contributed by atoms with Crippen molar-refractivity contribution < 1.29 is 14.2 Å². The van der Waals surface area contributed by atoms with Gasteiger partial charge in [-0.3, -0.25) is 0 Å². The minimum absolute atomic E-state index is 0.00618. The van der Waals surface area contributed by atoms with Crippen molar-refractivity contribution in [2.75, 3.05) is 19.8 Å². The van der Waals surface area contributed by atoms with E-state index in [2.05, 4.69) is 24.9 Å². The topological polar surface area (TPSA) is 100.0 Å². The Morgan fingerprint density at radius 3 is 2.65 bits per heavy atom. The van der Waals surface area contributed by atoms with Crippen LogP contribution < -0.4 is 0 Å². The Bertz CT molecular complexity index is 1160. The van der Waals surface area contributed by atoms with Gasteiger partial charge in [0.1, 0.15) is 29.8 Å². The summed E-state index contributed by atoms with van der Waals surface area (Å²) in [7, 11) is 0. The highest BCUT2D eigenvalue weighted by Gasteiger charge is 2.32. The summed E-state index contributed by atoms with van der Waals surface area (Å²) in [4.78, 5) is 18.9. The van der Waals surface area contributed by atoms with E-state index >= 15 is 0 Å². The van der Waals surface area contributed by atoms with Gasteiger partial charge in [0.2, 0.25) is 0 Å². The Balaban J connectivity index is 0.000000192. The minimum atomic E-state index is -0.504. The number of ether oxygens (including phenoxy) is 3. The van der Waals surface area contributed by atoms with Gasteiger partial charge in [0, 0.05) is 18.9 Å². The van der Waals surface area contributed by atoms with Crippen molar-refractivity contribution in [3.63, 3.8) is 0 Å². The maximum atomic E-state index is 6.10. The van der Waals surface area contributed by atoms with Crippen molar-refractivity contribution in [2.24, 2.45) is 0 Å². The lowest BCUT2D eigenvalue weighted by Gasteiger charge is -2.17. The third-order valence-electron chi connectivity index (χ3n) is 4.65. The van der Waals surface area contributed by atoms with Crippen LogP contribution in [0.3, 0.4) is 0 Å². The van der Waals surface area contributed by atoms with E-state index in [0.717, 1.165) is 22.1 Å². The maximum Gasteiger partial charge on any atom is 0.163 e. The predicted octanol–water partition coefficient (Wildman–Crippen LogP) is 3.86. The molecular weight excluding hydrogens is 443 g/mol. The summed E-state index contributed by atoms with van der Waals surface area (Å²) in [6, 6.07) is 3.77. The summed E-state index contributed by atoms with van der Waals surface area (Å²) in [6.07, 6.45) is 6.62. The molecule has 9 nitrogen and oxygen atoms in total. The van der Waals surface area contributed by atoms with Crippen LogP contribution in [0.1, 0.15) is 13.8 Å². The van der Waals surface area contributed by atoms with Gasteiger partial charge in [0.15, 0.2) is 16.1 Å². The molecule has 1 aliphatic heterocycles. The number of fused-ring (bicyclic) bond motifs is 2. The van der Waals surface area contributed by atoms with Crippen LogP contribution in [0.4, 0.5) is 0 Å². The molecule has 0 aromatic carbocycles. The first-order valence-electron chi connectivity index (χ1n) is 9.71. The number of nitrogens with zero attached hydrogens (tertiary/aromatic N) is 5. The van der Waals surface area contributed by atoms with Gasteiger partial charge in [-0.15, -0.1) is 0 Å². The number of hydrogen-bond donors (Lipinski definition) is 1. The number of aromatic amines is 1. The Morgan fingerprint density at radius 2 is 1.90 bits per heavy atom. The molecule has 4 aromatic heterocycles. The van der Waals surface area contributed by atoms with Gasteiger partial charge in [-0.05, 0) is 26.0 Å². The third-order valence-corrected chi connectivity index (χ3v) is 5.22. The minimum Gasteiger partial charge on any atom is -0.377 e. The average Bonchev–Trinajstić information content (AvgIpc) is 3.45. The van der Waals surface area contributed by atoms with Gasteiger partial charge in [-0.1, -0.05) is 23.2 Å². The van der Waals surface area contributed by atoms with Crippen molar-refractivity contribution >= 4 is 45.3 Å². The highest BCUT2D eigenvalue weighted by atomic mass is 35.5. The quantitative estimate of drug-likeness (QED) is 0.353. The Labute approximate surface area is 188 Å². The van der Waals surface area contributed by atoms with Crippen LogP contribution in [0.2, 0.25) is 10.3 Å². The molecule has 0 spiro atoms. The fourth-order valence-corrected chi connectivity index (χ4v) is 3.69. The van der Waals surface area contributed by atoms with Gasteiger partial charge in [-0.25, -0.2) is 19.9 Å². The Morgan fingerprint density at radius 1 is 1.13 bits per heavy atom. The fraction of sp³-hybridized carbons (Fsp3) is 0.400. The molecule has 11 heteroatoms. The van der Waals surface area contributed by atoms with Crippen molar-refractivity contribution in [1.29, 1.82) is 0 Å². The van der Waals surface area contributed by atoms with Crippen molar-refractivity contribution in [3.8, 4) is 0 Å². The molecule has 1 N–H and O–H groups in total. The van der Waals surface area contributed by atoms with E-state index in [1.54, 1.807) is 6.20 Å². The van der Waals surface area contributed by atoms with Gasteiger partial charge in [0.25, 0.3) is 0 Å². The van der Waals surface area contributed by atoms with Gasteiger partial charge < -0.3 is 23.8 Å². The molecule has 1 saturated heterocycles. The highest BCUT2D eigenvalue weighted by molar-refractivity contribution is 6.33. The summed E-state index contributed by atoms with van der Waals surface area (Å²) in [5, 5.41) is 0.925. The van der Waals surface area contributed by atoms with E-state index in [1.807, 2.05) is 36.7 Å². The second-order valence-electron chi connectivity index (χ2n) is 7.34. The lowest BCUT2D eigenvalue weighted by atomic mass is 10.4. The lowest BCUT2D eigenvalue weighted by molar-refractivity contribution is -0.145. The zero-order chi connectivity index (χ0) is 21.8. The SMILES string of the molecule is CC1(C)OCC(COCCn2ccc3ncnc(Cl)c32)O1.Clc1ncnc2cc[nH]c12. The Hall–Kier alpha value is -2.30. The Kier molecular flexibility index (Phi) is 6.68. The van der Waals surface area contributed by atoms with Crippen LogP contribution in [0, 0.1) is 0 Å². The monoisotopic (exact) mass is 464 g/mol. The number of aromatic nitrogens is 6. The molecule has 164 valence electrons. The number of rotatable bonds is 5. The molecule has 0 saturated carbocycles. The van der Waals surface area contributed by atoms with Crippen LogP contribution in [0.25, 0.3) is 22.1 Å². The first-order valence-corrected chi connectivity index (χ1v) is 10.5. The molecule has 1 aliphatic rings. The zero-order valence-electron chi connectivity index (χ0n) is 17.1. The standard InChI is InChI=1S/C14H18ClN3O3.C6H4ClN3/c1-14(2)20-8-10(21-14)7-19-6-5-18-4-3-11-12(18)13(15)17-9-16-11;7-6-5-4(1-2-8-5)9-3-10-6/h3-4,9-10H,5-8H2,1-2H3;1-3,8H.